The summed E-state index contributed by atoms with van der Waals surface area (Å²) in [6, 6.07) is -2.71. The second-order valence-electron chi connectivity index (χ2n) is 17.5. The Bertz CT molecular complexity index is 2160. The van der Waals surface area contributed by atoms with Gasteiger partial charge in [0.15, 0.2) is 0 Å². The Morgan fingerprint density at radius 1 is 0.875 bits per heavy atom. The lowest BCUT2D eigenvalue weighted by atomic mass is 9.96. The predicted molar refractivity (Wildman–Crippen MR) is 261 cm³/mol. The smallest absolute Gasteiger partial charge is 0.246 e. The van der Waals surface area contributed by atoms with Crippen LogP contribution in [-0.2, 0) is 59.2 Å². The van der Waals surface area contributed by atoms with Gasteiger partial charge in [0.2, 0.25) is 65.0 Å². The number of thioether (sulfide) groups is 1. The summed E-state index contributed by atoms with van der Waals surface area (Å²) in [7, 11) is 1.50. The SMILES string of the molecule is CC[C@H](C)[C@@H]1NC(=O)[C@H](Cc2ccc(OC)cc2)NC(=O)CCCSC[C@@H](C(=O)N2CCCC2C(=O)N[C@@H](CCCCN=[N+]=[N-])C(=O)NCC(N)=O)NC(=O)[C@H](CC(N)=O)NC(=O)[C@H](CCC(N)=O)NC1=O. The first-order valence-electron chi connectivity index (χ1n) is 23.7. The first-order valence-corrected chi connectivity index (χ1v) is 24.9. The number of amides is 11. The quantitative estimate of drug-likeness (QED) is 0.0274. The first kappa shape index (κ1) is 59.2. The number of nitrogens with zero attached hydrogens (tertiary/aromatic N) is 4. The zero-order valence-electron chi connectivity index (χ0n) is 40.8. The van der Waals surface area contributed by atoms with E-state index in [2.05, 4.69) is 47.2 Å². The summed E-state index contributed by atoms with van der Waals surface area (Å²) in [5.74, 6) is -8.93. The molecular formula is C45H68N14O12S. The molecule has 8 atom stereocenters. The highest BCUT2D eigenvalue weighted by Crippen LogP contribution is 2.22. The van der Waals surface area contributed by atoms with E-state index in [1.54, 1.807) is 38.1 Å². The monoisotopic (exact) mass is 1030 g/mol. The molecule has 0 radical (unpaired) electrons. The summed E-state index contributed by atoms with van der Waals surface area (Å²) in [4.78, 5) is 151. The Hall–Kier alpha value is -7.15. The summed E-state index contributed by atoms with van der Waals surface area (Å²) in [5.41, 5.74) is 25.4. The lowest BCUT2D eigenvalue weighted by Crippen LogP contribution is -2.61. The lowest BCUT2D eigenvalue weighted by molar-refractivity contribution is -0.142. The van der Waals surface area contributed by atoms with Crippen LogP contribution in [0.25, 0.3) is 10.4 Å². The third-order valence-electron chi connectivity index (χ3n) is 12.0. The van der Waals surface area contributed by atoms with Gasteiger partial charge in [-0.15, -0.1) is 0 Å². The van der Waals surface area contributed by atoms with Crippen molar-refractivity contribution in [2.24, 2.45) is 28.2 Å². The normalized spacial score (nSPS) is 22.4. The van der Waals surface area contributed by atoms with E-state index in [-0.39, 0.29) is 63.1 Å². The number of benzene rings is 1. The van der Waals surface area contributed by atoms with Crippen molar-refractivity contribution in [1.82, 2.24) is 42.1 Å². The fraction of sp³-hybridized carbons (Fsp3) is 0.622. The molecule has 0 bridgehead atoms. The molecule has 2 aliphatic rings. The Labute approximate surface area is 420 Å². The van der Waals surface area contributed by atoms with Gasteiger partial charge in [0.25, 0.3) is 0 Å². The van der Waals surface area contributed by atoms with Crippen LogP contribution in [0.4, 0.5) is 0 Å². The number of carbonyl (C=O) groups is 11. The van der Waals surface area contributed by atoms with Crippen LogP contribution in [0.5, 0.6) is 5.75 Å². The van der Waals surface area contributed by atoms with Crippen LogP contribution in [0.1, 0.15) is 90.0 Å². The number of nitrogens with one attached hydrogen (secondary N) is 7. The molecule has 1 unspecified atom stereocenters. The average molecular weight is 1030 g/mol. The predicted octanol–water partition coefficient (Wildman–Crippen LogP) is -2.07. The van der Waals surface area contributed by atoms with Crippen molar-refractivity contribution >= 4 is 76.7 Å². The summed E-state index contributed by atoms with van der Waals surface area (Å²) in [5, 5.41) is 21.5. The molecule has 0 aromatic heterocycles. The fourth-order valence-electron chi connectivity index (χ4n) is 7.82. The Kier molecular flexibility index (Phi) is 25.1. The van der Waals surface area contributed by atoms with E-state index >= 15 is 0 Å². The molecule has 1 aromatic rings. The van der Waals surface area contributed by atoms with Crippen LogP contribution < -0.4 is 59.2 Å². The minimum Gasteiger partial charge on any atom is -0.497 e. The molecule has 11 amide bonds. The van der Waals surface area contributed by atoms with Gasteiger partial charge in [0.1, 0.15) is 48.0 Å². The number of nitrogens with two attached hydrogens (primary N) is 3. The van der Waals surface area contributed by atoms with Crippen molar-refractivity contribution < 1.29 is 57.5 Å². The standard InChI is InChI=1S/C45H68N14O12S/c1-4-25(2)38-44(69)54-29(16-17-34(46)60)40(65)55-31(22-35(47)61)41(66)56-32(24-72-20-8-11-37(63)52-30(42(67)57-38)21-26-12-14-27(71-3)15-13-26)45(70)59-19-7-10-33(59)43(68)53-28(9-5-6-18-51-58-49)39(64)50-23-36(48)62/h12-15,25,28-33,38H,4-11,16-24H2,1-3H3,(H2,46,60)(H2,47,61)(H2,48,62)(H,50,64)(H,52,63)(H,53,68)(H,54,69)(H,55,65)(H,56,66)(H,57,67)/t25-,28-,29-,30-,31-,32-,33?,38-/m0/s1. The van der Waals surface area contributed by atoms with E-state index in [0.29, 0.717) is 37.0 Å². The maximum absolute atomic E-state index is 14.5. The van der Waals surface area contributed by atoms with Gasteiger partial charge in [0, 0.05) is 43.0 Å². The molecule has 1 aromatic carbocycles. The van der Waals surface area contributed by atoms with Gasteiger partial charge in [-0.2, -0.15) is 11.8 Å². The number of hydrogen-bond donors (Lipinski definition) is 10. The summed E-state index contributed by atoms with van der Waals surface area (Å²) < 4.78 is 5.25. The maximum Gasteiger partial charge on any atom is 0.246 e. The number of methoxy groups -OCH3 is 1. The van der Waals surface area contributed by atoms with E-state index < -0.39 is 133 Å². The van der Waals surface area contributed by atoms with E-state index in [9.17, 15) is 52.7 Å². The number of unbranched alkanes of at least 4 members (excludes halogenated alkanes) is 1. The molecular weight excluding hydrogens is 961 g/mol. The molecule has 0 spiro atoms. The highest BCUT2D eigenvalue weighted by Gasteiger charge is 2.40. The molecule has 2 saturated heterocycles. The minimum atomic E-state index is -1.74. The number of ether oxygens (including phenoxy) is 1. The van der Waals surface area contributed by atoms with E-state index in [4.69, 9.17) is 27.5 Å². The van der Waals surface area contributed by atoms with Crippen molar-refractivity contribution in [2.75, 3.05) is 38.2 Å². The molecule has 396 valence electrons. The summed E-state index contributed by atoms with van der Waals surface area (Å²) in [6.07, 6.45) is 0.201. The van der Waals surface area contributed by atoms with Gasteiger partial charge < -0.3 is 64.1 Å². The van der Waals surface area contributed by atoms with E-state index in [1.807, 2.05) is 0 Å². The molecule has 2 heterocycles. The van der Waals surface area contributed by atoms with Crippen LogP contribution in [0.3, 0.4) is 0 Å². The van der Waals surface area contributed by atoms with Crippen LogP contribution in [0.15, 0.2) is 29.4 Å². The van der Waals surface area contributed by atoms with Crippen LogP contribution in [0, 0.1) is 5.92 Å². The fourth-order valence-corrected chi connectivity index (χ4v) is 8.80. The molecule has 2 aliphatic heterocycles. The molecule has 0 aliphatic carbocycles. The minimum absolute atomic E-state index is 0.0110. The van der Waals surface area contributed by atoms with Gasteiger partial charge in [-0.1, -0.05) is 43.9 Å². The van der Waals surface area contributed by atoms with E-state index in [0.717, 1.165) is 11.8 Å². The number of hydrogen-bond acceptors (Lipinski definition) is 14. The maximum atomic E-state index is 14.5. The molecule has 2 fully saturated rings. The second-order valence-corrected chi connectivity index (χ2v) is 18.6. The highest BCUT2D eigenvalue weighted by atomic mass is 32.2. The highest BCUT2D eigenvalue weighted by molar-refractivity contribution is 7.99. The summed E-state index contributed by atoms with van der Waals surface area (Å²) in [6.45, 7) is 3.11. The first-order chi connectivity index (χ1) is 34.3. The van der Waals surface area contributed by atoms with Crippen LogP contribution in [-0.4, -0.2) is 150 Å². The second kappa shape index (κ2) is 30.6. The third-order valence-corrected chi connectivity index (χ3v) is 13.1. The Balaban J connectivity index is 2.01. The van der Waals surface area contributed by atoms with Crippen molar-refractivity contribution in [2.45, 2.75) is 133 Å². The zero-order valence-corrected chi connectivity index (χ0v) is 41.6. The number of carbonyl (C=O) groups excluding carboxylic acids is 11. The van der Waals surface area contributed by atoms with Crippen molar-refractivity contribution in [3.8, 4) is 5.75 Å². The molecule has 13 N–H and O–H groups in total. The largest absolute Gasteiger partial charge is 0.497 e. The number of azide groups is 1. The van der Waals surface area contributed by atoms with Gasteiger partial charge in [-0.25, -0.2) is 0 Å². The zero-order chi connectivity index (χ0) is 53.3. The van der Waals surface area contributed by atoms with Gasteiger partial charge in [-0.3, -0.25) is 52.7 Å². The van der Waals surface area contributed by atoms with Gasteiger partial charge in [-0.05, 0) is 73.4 Å². The topological polar surface area (TPSA) is 411 Å². The number of likely N-dealkylation sites (tertiary alicyclic amines) is 1. The van der Waals surface area contributed by atoms with Crippen LogP contribution in [0.2, 0.25) is 0 Å². The lowest BCUT2D eigenvalue weighted by Gasteiger charge is -2.31. The number of primary amides is 3. The van der Waals surface area contributed by atoms with E-state index in [1.165, 1.54) is 12.0 Å². The van der Waals surface area contributed by atoms with Crippen molar-refractivity contribution in [1.29, 1.82) is 0 Å². The molecule has 72 heavy (non-hydrogen) atoms. The molecule has 3 rings (SSSR count). The van der Waals surface area contributed by atoms with Crippen LogP contribution >= 0.6 is 11.8 Å². The number of rotatable bonds is 21. The third kappa shape index (κ3) is 19.9. The average Bonchev–Trinajstić information content (AvgIpc) is 3.84. The molecule has 27 heteroatoms. The summed E-state index contributed by atoms with van der Waals surface area (Å²) >= 11 is 1.16. The van der Waals surface area contributed by atoms with Crippen molar-refractivity contribution in [3.05, 3.63) is 40.3 Å². The molecule has 0 saturated carbocycles. The molecule has 26 nitrogen and oxygen atoms in total. The van der Waals surface area contributed by atoms with Crippen molar-refractivity contribution in [3.63, 3.8) is 0 Å². The Morgan fingerprint density at radius 3 is 2.19 bits per heavy atom. The Morgan fingerprint density at radius 2 is 1.56 bits per heavy atom. The van der Waals surface area contributed by atoms with Gasteiger partial charge in [0.05, 0.1) is 20.1 Å². The van der Waals surface area contributed by atoms with Gasteiger partial charge >= 0.3 is 0 Å².